The maximum Gasteiger partial charge on any atom is 0.306 e. The van der Waals surface area contributed by atoms with Gasteiger partial charge < -0.3 is 14.4 Å². The largest absolute Gasteiger partial charge is 0.462 e. The van der Waals surface area contributed by atoms with Gasteiger partial charge in [-0.25, -0.2) is 0 Å². The van der Waals surface area contributed by atoms with Gasteiger partial charge >= 0.3 is 11.9 Å². The Bertz CT molecular complexity index is 733. The number of ether oxygens (including phenoxy) is 2. The Kier molecular flexibility index (Phi) is 32.8. The van der Waals surface area contributed by atoms with Gasteiger partial charge in [-0.3, -0.25) is 9.59 Å². The van der Waals surface area contributed by atoms with Crippen molar-refractivity contribution in [3.05, 3.63) is 0 Å². The number of hydrogen-bond acceptors (Lipinski definition) is 5. The van der Waals surface area contributed by atoms with E-state index in [9.17, 15) is 9.59 Å². The van der Waals surface area contributed by atoms with Crippen LogP contribution in [-0.4, -0.2) is 48.7 Å². The van der Waals surface area contributed by atoms with Gasteiger partial charge in [0.05, 0.1) is 0 Å². The standard InChI is InChI=1S/C45H87NO4/c1-5-9-12-14-17-23-30-42(31-24-18-15-13-10-6-2)49-44(47)32-25-19-16-20-27-39-46(38-8-4)40-28-21-26-33-45(48)50-43-36-34-41(35-37-43)29-22-11-7-3/h41-43H,5-40H2,1-4H3. The van der Waals surface area contributed by atoms with Crippen LogP contribution in [0.3, 0.4) is 0 Å². The first kappa shape index (κ1) is 46.9. The van der Waals surface area contributed by atoms with Gasteiger partial charge in [-0.2, -0.15) is 0 Å². The molecule has 1 saturated carbocycles. The lowest BCUT2D eigenvalue weighted by Gasteiger charge is -2.28. The van der Waals surface area contributed by atoms with E-state index in [0.717, 1.165) is 83.3 Å². The van der Waals surface area contributed by atoms with Crippen molar-refractivity contribution in [1.29, 1.82) is 0 Å². The zero-order valence-corrected chi connectivity index (χ0v) is 34.3. The molecule has 1 aliphatic rings. The molecule has 0 aromatic heterocycles. The second-order valence-electron chi connectivity index (χ2n) is 16.0. The first-order valence-corrected chi connectivity index (χ1v) is 22.6. The average Bonchev–Trinajstić information content (AvgIpc) is 3.11. The number of esters is 2. The third-order valence-corrected chi connectivity index (χ3v) is 11.1. The highest BCUT2D eigenvalue weighted by Gasteiger charge is 2.23. The molecule has 0 aromatic carbocycles. The summed E-state index contributed by atoms with van der Waals surface area (Å²) in [6.45, 7) is 12.5. The molecule has 0 N–H and O–H groups in total. The molecule has 0 radical (unpaired) electrons. The minimum absolute atomic E-state index is 0.0271. The van der Waals surface area contributed by atoms with E-state index in [1.807, 2.05) is 0 Å². The Hall–Kier alpha value is -1.10. The zero-order chi connectivity index (χ0) is 36.3. The summed E-state index contributed by atoms with van der Waals surface area (Å²) in [5.74, 6) is 0.920. The molecule has 0 bridgehead atoms. The fraction of sp³-hybridized carbons (Fsp3) is 0.956. The first-order valence-electron chi connectivity index (χ1n) is 22.6. The Morgan fingerprint density at radius 3 is 1.52 bits per heavy atom. The molecule has 1 fully saturated rings. The van der Waals surface area contributed by atoms with Crippen molar-refractivity contribution in [2.24, 2.45) is 5.92 Å². The Morgan fingerprint density at radius 2 is 0.960 bits per heavy atom. The quantitative estimate of drug-likeness (QED) is 0.0480. The van der Waals surface area contributed by atoms with Gasteiger partial charge in [0.2, 0.25) is 0 Å². The maximum atomic E-state index is 12.7. The Morgan fingerprint density at radius 1 is 0.500 bits per heavy atom. The second-order valence-corrected chi connectivity index (χ2v) is 16.0. The van der Waals surface area contributed by atoms with Crippen molar-refractivity contribution >= 4 is 11.9 Å². The normalized spacial score (nSPS) is 16.4. The highest BCUT2D eigenvalue weighted by atomic mass is 16.5. The van der Waals surface area contributed by atoms with Gasteiger partial charge in [-0.1, -0.05) is 143 Å². The van der Waals surface area contributed by atoms with E-state index in [2.05, 4.69) is 32.6 Å². The molecule has 5 nitrogen and oxygen atoms in total. The number of carbonyl (C=O) groups excluding carboxylic acids is 2. The van der Waals surface area contributed by atoms with Gasteiger partial charge in [-0.05, 0) is 109 Å². The van der Waals surface area contributed by atoms with E-state index in [-0.39, 0.29) is 24.1 Å². The molecule has 0 atom stereocenters. The second kappa shape index (κ2) is 35.0. The summed E-state index contributed by atoms with van der Waals surface area (Å²) >= 11 is 0. The van der Waals surface area contributed by atoms with Crippen molar-refractivity contribution in [1.82, 2.24) is 4.90 Å². The highest BCUT2D eigenvalue weighted by Crippen LogP contribution is 2.30. The molecule has 0 heterocycles. The van der Waals surface area contributed by atoms with Crippen LogP contribution < -0.4 is 0 Å². The third kappa shape index (κ3) is 28.5. The van der Waals surface area contributed by atoms with Crippen molar-refractivity contribution in [3.63, 3.8) is 0 Å². The first-order chi connectivity index (χ1) is 24.5. The van der Waals surface area contributed by atoms with E-state index in [4.69, 9.17) is 9.47 Å². The van der Waals surface area contributed by atoms with Gasteiger partial charge in [0.25, 0.3) is 0 Å². The SMILES string of the molecule is CCCCCCCCC(CCCCCCCC)OC(=O)CCCCCCCN(CCC)CCCCCC(=O)OC1CCC(CCCCC)CC1. The molecule has 0 unspecified atom stereocenters. The van der Waals surface area contributed by atoms with E-state index in [1.54, 1.807) is 0 Å². The number of unbranched alkanes of at least 4 members (excludes halogenated alkanes) is 18. The van der Waals surface area contributed by atoms with Crippen LogP contribution in [0.4, 0.5) is 0 Å². The van der Waals surface area contributed by atoms with Crippen molar-refractivity contribution in [3.8, 4) is 0 Å². The van der Waals surface area contributed by atoms with Crippen molar-refractivity contribution in [2.75, 3.05) is 19.6 Å². The number of carbonyl (C=O) groups is 2. The predicted molar refractivity (Wildman–Crippen MR) is 215 cm³/mol. The summed E-state index contributed by atoms with van der Waals surface area (Å²) in [7, 11) is 0. The molecule has 0 spiro atoms. The molecule has 1 rings (SSSR count). The smallest absolute Gasteiger partial charge is 0.306 e. The lowest BCUT2D eigenvalue weighted by atomic mass is 9.84. The summed E-state index contributed by atoms with van der Waals surface area (Å²) in [6, 6.07) is 0. The lowest BCUT2D eigenvalue weighted by molar-refractivity contribution is -0.151. The molecule has 296 valence electrons. The molecular weight excluding hydrogens is 618 g/mol. The van der Waals surface area contributed by atoms with Crippen molar-refractivity contribution < 1.29 is 19.1 Å². The fourth-order valence-corrected chi connectivity index (χ4v) is 7.85. The van der Waals surface area contributed by atoms with Gasteiger partial charge in [-0.15, -0.1) is 0 Å². The Labute approximate surface area is 312 Å². The summed E-state index contributed by atoms with van der Waals surface area (Å²) in [4.78, 5) is 27.8. The van der Waals surface area contributed by atoms with E-state index in [0.29, 0.717) is 12.8 Å². The van der Waals surface area contributed by atoms with E-state index < -0.39 is 0 Å². The van der Waals surface area contributed by atoms with Crippen LogP contribution in [0.2, 0.25) is 0 Å². The lowest BCUT2D eigenvalue weighted by Crippen LogP contribution is -2.27. The Balaban J connectivity index is 2.13. The predicted octanol–water partition coefficient (Wildman–Crippen LogP) is 13.7. The summed E-state index contributed by atoms with van der Waals surface area (Å²) in [6.07, 6.45) is 39.2. The average molecular weight is 706 g/mol. The molecular formula is C45H87NO4. The van der Waals surface area contributed by atoms with Crippen LogP contribution in [0.5, 0.6) is 0 Å². The molecule has 0 aliphatic heterocycles. The van der Waals surface area contributed by atoms with Crippen LogP contribution in [0.1, 0.15) is 240 Å². The topological polar surface area (TPSA) is 55.8 Å². The molecule has 50 heavy (non-hydrogen) atoms. The monoisotopic (exact) mass is 706 g/mol. The number of rotatable bonds is 36. The minimum Gasteiger partial charge on any atom is -0.462 e. The van der Waals surface area contributed by atoms with Crippen LogP contribution in [0.15, 0.2) is 0 Å². The fourth-order valence-electron chi connectivity index (χ4n) is 7.85. The minimum atomic E-state index is 0.0271. The van der Waals surface area contributed by atoms with Gasteiger partial charge in [0.15, 0.2) is 0 Å². The van der Waals surface area contributed by atoms with Gasteiger partial charge in [0.1, 0.15) is 12.2 Å². The van der Waals surface area contributed by atoms with Gasteiger partial charge in [0, 0.05) is 12.8 Å². The number of nitrogens with zero attached hydrogens (tertiary/aromatic N) is 1. The van der Waals surface area contributed by atoms with Crippen LogP contribution in [0.25, 0.3) is 0 Å². The van der Waals surface area contributed by atoms with Crippen molar-refractivity contribution in [2.45, 2.75) is 252 Å². The third-order valence-electron chi connectivity index (χ3n) is 11.1. The summed E-state index contributed by atoms with van der Waals surface area (Å²) in [5.41, 5.74) is 0. The highest BCUT2D eigenvalue weighted by molar-refractivity contribution is 5.69. The zero-order valence-electron chi connectivity index (χ0n) is 34.3. The molecule has 0 amide bonds. The van der Waals surface area contributed by atoms with Crippen LogP contribution in [0, 0.1) is 5.92 Å². The van der Waals surface area contributed by atoms with E-state index >= 15 is 0 Å². The van der Waals surface area contributed by atoms with Crippen LogP contribution >= 0.6 is 0 Å². The van der Waals surface area contributed by atoms with Crippen LogP contribution in [-0.2, 0) is 19.1 Å². The molecule has 5 heteroatoms. The molecule has 0 saturated heterocycles. The number of hydrogen-bond donors (Lipinski definition) is 0. The molecule has 0 aromatic rings. The summed E-state index contributed by atoms with van der Waals surface area (Å²) < 4.78 is 11.9. The van der Waals surface area contributed by atoms with E-state index in [1.165, 1.54) is 141 Å². The molecule has 1 aliphatic carbocycles. The summed E-state index contributed by atoms with van der Waals surface area (Å²) in [5, 5.41) is 0. The maximum absolute atomic E-state index is 12.7.